The van der Waals surface area contributed by atoms with Crippen molar-refractivity contribution in [3.63, 3.8) is 0 Å². The third-order valence-corrected chi connectivity index (χ3v) is 7.55. The number of nitrogens with zero attached hydrogens (tertiary/aromatic N) is 2. The first-order valence-electron chi connectivity index (χ1n) is 10.7. The summed E-state index contributed by atoms with van der Waals surface area (Å²) in [6.45, 7) is 0.473. The minimum Gasteiger partial charge on any atom is -0.352 e. The van der Waals surface area contributed by atoms with Gasteiger partial charge in [-0.1, -0.05) is 30.3 Å². The summed E-state index contributed by atoms with van der Waals surface area (Å²) in [5.74, 6) is -0.874. The predicted molar refractivity (Wildman–Crippen MR) is 125 cm³/mol. The lowest BCUT2D eigenvalue weighted by atomic mass is 9.84. The average Bonchev–Trinajstić information content (AvgIpc) is 2.86. The fraction of sp³-hybridized carbons (Fsp3) is 0.200. The van der Waals surface area contributed by atoms with Crippen molar-refractivity contribution >= 4 is 27.5 Å². The van der Waals surface area contributed by atoms with Crippen molar-refractivity contribution in [3.8, 4) is 0 Å². The van der Waals surface area contributed by atoms with Crippen LogP contribution in [0.5, 0.6) is 0 Å². The molecule has 0 bridgehead atoms. The van der Waals surface area contributed by atoms with Crippen LogP contribution in [0.2, 0.25) is 0 Å². The number of benzene rings is 2. The number of aromatic nitrogens is 1. The number of amides is 1. The first-order chi connectivity index (χ1) is 16.3. The van der Waals surface area contributed by atoms with Crippen LogP contribution >= 0.6 is 0 Å². The summed E-state index contributed by atoms with van der Waals surface area (Å²) in [6, 6.07) is 14.1. The summed E-state index contributed by atoms with van der Waals surface area (Å²) in [6.07, 6.45) is 3.80. The average molecular weight is 478 g/mol. The van der Waals surface area contributed by atoms with E-state index in [0.717, 1.165) is 9.87 Å². The van der Waals surface area contributed by atoms with Crippen molar-refractivity contribution in [1.29, 1.82) is 0 Å². The molecule has 1 amide bonds. The number of carbonyl (C=O) groups excluding carboxylic acids is 3. The lowest BCUT2D eigenvalue weighted by molar-refractivity contribution is -0.121. The van der Waals surface area contributed by atoms with E-state index in [1.54, 1.807) is 42.7 Å². The highest BCUT2D eigenvalue weighted by molar-refractivity contribution is 7.89. The van der Waals surface area contributed by atoms with Crippen LogP contribution in [0.15, 0.2) is 71.9 Å². The lowest BCUT2D eigenvalue weighted by Crippen LogP contribution is -2.30. The predicted octanol–water partition coefficient (Wildman–Crippen LogP) is 2.57. The number of sulfonamides is 1. The second-order valence-corrected chi connectivity index (χ2v) is 10.0. The molecule has 1 aromatic heterocycles. The van der Waals surface area contributed by atoms with E-state index in [1.807, 2.05) is 6.07 Å². The molecule has 0 spiro atoms. The van der Waals surface area contributed by atoms with Crippen LogP contribution in [0.1, 0.15) is 50.2 Å². The van der Waals surface area contributed by atoms with Crippen molar-refractivity contribution in [2.24, 2.45) is 0 Å². The number of nitrogens with one attached hydrogen (secondary N) is 1. The number of carbonyl (C=O) groups is 3. The largest absolute Gasteiger partial charge is 0.352 e. The van der Waals surface area contributed by atoms with Crippen molar-refractivity contribution < 1.29 is 22.8 Å². The molecule has 8 nitrogen and oxygen atoms in total. The van der Waals surface area contributed by atoms with E-state index >= 15 is 0 Å². The van der Waals surface area contributed by atoms with Crippen LogP contribution in [0.3, 0.4) is 0 Å². The maximum absolute atomic E-state index is 13.1. The molecule has 4 rings (SSSR count). The topological polar surface area (TPSA) is 114 Å². The monoisotopic (exact) mass is 477 g/mol. The summed E-state index contributed by atoms with van der Waals surface area (Å²) in [7, 11) is -2.49. The highest BCUT2D eigenvalue weighted by atomic mass is 32.2. The Morgan fingerprint density at radius 3 is 2.29 bits per heavy atom. The van der Waals surface area contributed by atoms with Crippen LogP contribution in [0, 0.1) is 0 Å². The summed E-state index contributed by atoms with van der Waals surface area (Å²) >= 11 is 0. The van der Waals surface area contributed by atoms with Gasteiger partial charge in [0.25, 0.3) is 0 Å². The second kappa shape index (κ2) is 9.66. The Labute approximate surface area is 197 Å². The molecule has 34 heavy (non-hydrogen) atoms. The summed E-state index contributed by atoms with van der Waals surface area (Å²) < 4.78 is 27.3. The van der Waals surface area contributed by atoms with Crippen LogP contribution < -0.4 is 5.32 Å². The number of fused-ring (bicyclic) bond motifs is 2. The second-order valence-electron chi connectivity index (χ2n) is 7.98. The minimum atomic E-state index is -3.91. The number of rotatable bonds is 8. The third kappa shape index (κ3) is 4.66. The van der Waals surface area contributed by atoms with Gasteiger partial charge >= 0.3 is 0 Å². The van der Waals surface area contributed by atoms with E-state index in [4.69, 9.17) is 0 Å². The van der Waals surface area contributed by atoms with Gasteiger partial charge in [0.05, 0.1) is 4.90 Å². The standard InChI is InChI=1S/C25H23N3O5S/c1-28(13-5-9-23(29)27-16-17-6-4-12-26-15-17)34(32,33)18-10-11-21-22(14-18)25(31)20-8-3-2-7-19(20)24(21)30/h2-4,6-8,10-12,14-15H,5,9,13,16H2,1H3,(H,27,29). The maximum Gasteiger partial charge on any atom is 0.242 e. The first-order valence-corrected chi connectivity index (χ1v) is 12.2. The van der Waals surface area contributed by atoms with E-state index in [2.05, 4.69) is 10.3 Å². The normalized spacial score (nSPS) is 12.9. The molecule has 0 saturated carbocycles. The van der Waals surface area contributed by atoms with Gasteiger partial charge in [-0.25, -0.2) is 12.7 Å². The summed E-state index contributed by atoms with van der Waals surface area (Å²) in [5, 5.41) is 2.78. The van der Waals surface area contributed by atoms with E-state index in [0.29, 0.717) is 18.5 Å². The molecular formula is C25H23N3O5S. The number of hydrogen-bond donors (Lipinski definition) is 1. The highest BCUT2D eigenvalue weighted by Gasteiger charge is 2.31. The molecule has 9 heteroatoms. The Kier molecular flexibility index (Phi) is 6.67. The van der Waals surface area contributed by atoms with Crippen molar-refractivity contribution in [3.05, 3.63) is 94.8 Å². The fourth-order valence-electron chi connectivity index (χ4n) is 3.79. The smallest absolute Gasteiger partial charge is 0.242 e. The van der Waals surface area contributed by atoms with Crippen molar-refractivity contribution in [2.45, 2.75) is 24.3 Å². The zero-order valence-corrected chi connectivity index (χ0v) is 19.3. The molecule has 3 aromatic rings. The fourth-order valence-corrected chi connectivity index (χ4v) is 5.03. The van der Waals surface area contributed by atoms with Gasteiger partial charge in [0, 0.05) is 61.2 Å². The molecule has 0 atom stereocenters. The molecule has 2 aromatic carbocycles. The number of hydrogen-bond acceptors (Lipinski definition) is 6. The van der Waals surface area contributed by atoms with Crippen molar-refractivity contribution in [1.82, 2.24) is 14.6 Å². The van der Waals surface area contributed by atoms with Crippen molar-refractivity contribution in [2.75, 3.05) is 13.6 Å². The Morgan fingerprint density at radius 1 is 0.941 bits per heavy atom. The summed E-state index contributed by atoms with van der Waals surface area (Å²) in [5.41, 5.74) is 1.72. The van der Waals surface area contributed by atoms with Crippen LogP contribution in [0.25, 0.3) is 0 Å². The Bertz CT molecular complexity index is 1370. The van der Waals surface area contributed by atoms with Gasteiger partial charge in [-0.3, -0.25) is 19.4 Å². The molecule has 1 heterocycles. The Morgan fingerprint density at radius 2 is 1.62 bits per heavy atom. The minimum absolute atomic E-state index is 0.0738. The zero-order valence-electron chi connectivity index (χ0n) is 18.5. The van der Waals surface area contributed by atoms with Crippen LogP contribution in [0.4, 0.5) is 0 Å². The lowest BCUT2D eigenvalue weighted by Gasteiger charge is -2.20. The highest BCUT2D eigenvalue weighted by Crippen LogP contribution is 2.29. The SMILES string of the molecule is CN(CCCC(=O)NCc1cccnc1)S(=O)(=O)c1ccc2c(c1)C(=O)c1ccccc1C2=O. The maximum atomic E-state index is 13.1. The molecule has 1 N–H and O–H groups in total. The Hall–Kier alpha value is -3.69. The first kappa shape index (κ1) is 23.5. The molecule has 0 aliphatic heterocycles. The Balaban J connectivity index is 1.40. The molecule has 0 saturated heterocycles. The third-order valence-electron chi connectivity index (χ3n) is 5.69. The number of ketones is 2. The number of pyridine rings is 1. The van der Waals surface area contributed by atoms with Gasteiger partial charge in [-0.05, 0) is 36.2 Å². The van der Waals surface area contributed by atoms with E-state index < -0.39 is 10.0 Å². The quantitative estimate of drug-likeness (QED) is 0.417. The van der Waals surface area contributed by atoms with Gasteiger partial charge in [-0.2, -0.15) is 0 Å². The van der Waals surface area contributed by atoms with E-state index in [-0.39, 0.29) is 52.0 Å². The molecule has 0 radical (unpaired) electrons. The van der Waals surface area contributed by atoms with Gasteiger partial charge in [0.2, 0.25) is 15.9 Å². The zero-order chi connectivity index (χ0) is 24.3. The molecule has 174 valence electrons. The van der Waals surface area contributed by atoms with Crippen LogP contribution in [-0.2, 0) is 21.4 Å². The molecule has 1 aliphatic rings. The van der Waals surface area contributed by atoms with E-state index in [9.17, 15) is 22.8 Å². The van der Waals surface area contributed by atoms with Gasteiger partial charge < -0.3 is 5.32 Å². The van der Waals surface area contributed by atoms with Crippen LogP contribution in [-0.4, -0.2) is 48.8 Å². The summed E-state index contributed by atoms with van der Waals surface area (Å²) in [4.78, 5) is 41.6. The van der Waals surface area contributed by atoms with Gasteiger partial charge in [0.1, 0.15) is 0 Å². The van der Waals surface area contributed by atoms with Gasteiger partial charge in [0.15, 0.2) is 11.6 Å². The van der Waals surface area contributed by atoms with Gasteiger partial charge in [-0.15, -0.1) is 0 Å². The molecule has 1 aliphatic carbocycles. The molecule has 0 unspecified atom stereocenters. The molecule has 0 fully saturated rings. The molecular weight excluding hydrogens is 454 g/mol. The van der Waals surface area contributed by atoms with E-state index in [1.165, 1.54) is 25.2 Å².